The third-order valence-corrected chi connectivity index (χ3v) is 5.83. The highest BCUT2D eigenvalue weighted by Gasteiger charge is 2.13. The van der Waals surface area contributed by atoms with Gasteiger partial charge in [0.1, 0.15) is 0 Å². The Balaban J connectivity index is 0.00000300. The number of hydrogen-bond donors (Lipinski definition) is 2. The quantitative estimate of drug-likeness (QED) is 0.254. The van der Waals surface area contributed by atoms with Crippen LogP contribution in [-0.4, -0.2) is 62.6 Å². The predicted octanol–water partition coefficient (Wildman–Crippen LogP) is 3.61. The molecule has 1 aliphatic carbocycles. The lowest BCUT2D eigenvalue weighted by Crippen LogP contribution is -2.43. The summed E-state index contributed by atoms with van der Waals surface area (Å²) >= 11 is 0. The Hall–Kier alpha value is -1.12. The van der Waals surface area contributed by atoms with Crippen LogP contribution in [0.15, 0.2) is 40.9 Å². The highest BCUT2D eigenvalue weighted by molar-refractivity contribution is 14.0. The van der Waals surface area contributed by atoms with E-state index in [9.17, 15) is 0 Å². The van der Waals surface area contributed by atoms with Gasteiger partial charge in [0, 0.05) is 52.9 Å². The minimum Gasteiger partial charge on any atom is -0.356 e. The van der Waals surface area contributed by atoms with Gasteiger partial charge in [0.25, 0.3) is 0 Å². The van der Waals surface area contributed by atoms with E-state index >= 15 is 0 Å². The number of aliphatic imine (C=N–C) groups is 1. The topological polar surface area (TPSA) is 42.9 Å². The number of benzene rings is 1. The van der Waals surface area contributed by atoms with Crippen molar-refractivity contribution in [3.8, 4) is 0 Å². The molecule has 0 aromatic heterocycles. The van der Waals surface area contributed by atoms with E-state index in [1.54, 1.807) is 5.57 Å². The fraction of sp³-hybridized carbons (Fsp3) is 0.609. The molecular weight excluding hydrogens is 473 g/mol. The van der Waals surface area contributed by atoms with Gasteiger partial charge in [0.05, 0.1) is 0 Å². The van der Waals surface area contributed by atoms with Crippen LogP contribution < -0.4 is 10.6 Å². The second kappa shape index (κ2) is 13.2. The van der Waals surface area contributed by atoms with E-state index < -0.39 is 0 Å². The minimum atomic E-state index is 0. The Morgan fingerprint density at radius 1 is 1.00 bits per heavy atom. The van der Waals surface area contributed by atoms with Gasteiger partial charge in [0.15, 0.2) is 5.96 Å². The normalized spacial score (nSPS) is 18.7. The number of rotatable bonds is 7. The molecule has 0 spiro atoms. The van der Waals surface area contributed by atoms with E-state index in [1.165, 1.54) is 63.0 Å². The zero-order valence-corrected chi connectivity index (χ0v) is 20.5. The first kappa shape index (κ1) is 24.2. The summed E-state index contributed by atoms with van der Waals surface area (Å²) < 4.78 is 0. The van der Waals surface area contributed by atoms with Gasteiger partial charge in [-0.05, 0) is 50.3 Å². The van der Waals surface area contributed by atoms with Gasteiger partial charge in [-0.25, -0.2) is 0 Å². The fourth-order valence-corrected chi connectivity index (χ4v) is 3.91. The van der Waals surface area contributed by atoms with E-state index in [1.807, 2.05) is 7.05 Å². The van der Waals surface area contributed by atoms with Gasteiger partial charge in [-0.15, -0.1) is 24.0 Å². The van der Waals surface area contributed by atoms with Crippen LogP contribution >= 0.6 is 24.0 Å². The van der Waals surface area contributed by atoms with Crippen LogP contribution in [0.2, 0.25) is 0 Å². The molecule has 1 fully saturated rings. The van der Waals surface area contributed by atoms with Crippen molar-refractivity contribution in [2.75, 3.05) is 46.8 Å². The summed E-state index contributed by atoms with van der Waals surface area (Å²) in [5, 5.41) is 6.88. The molecule has 1 saturated heterocycles. The SMILES string of the molecule is CN=C(NCCC1=CCCCC1)NCc1ccc(CN2CCN(C)CC2)cc1.I. The smallest absolute Gasteiger partial charge is 0.191 e. The lowest BCUT2D eigenvalue weighted by molar-refractivity contribution is 0.148. The zero-order chi connectivity index (χ0) is 19.6. The third-order valence-electron chi connectivity index (χ3n) is 5.83. The third kappa shape index (κ3) is 8.64. The summed E-state index contributed by atoms with van der Waals surface area (Å²) in [6, 6.07) is 9.00. The molecule has 1 aliphatic heterocycles. The maximum absolute atomic E-state index is 4.35. The molecule has 2 N–H and O–H groups in total. The number of piperazine rings is 1. The summed E-state index contributed by atoms with van der Waals surface area (Å²) in [7, 11) is 4.05. The molecule has 5 nitrogen and oxygen atoms in total. The predicted molar refractivity (Wildman–Crippen MR) is 134 cm³/mol. The summed E-state index contributed by atoms with van der Waals surface area (Å²) in [6.07, 6.45) is 8.78. The van der Waals surface area contributed by atoms with Crippen LogP contribution in [0.25, 0.3) is 0 Å². The number of hydrogen-bond acceptors (Lipinski definition) is 3. The van der Waals surface area contributed by atoms with Crippen molar-refractivity contribution in [1.82, 2.24) is 20.4 Å². The number of nitrogens with one attached hydrogen (secondary N) is 2. The number of allylic oxidation sites excluding steroid dienone is 1. The zero-order valence-electron chi connectivity index (χ0n) is 18.1. The Bertz CT molecular complexity index is 648. The number of halogens is 1. The molecule has 29 heavy (non-hydrogen) atoms. The highest BCUT2D eigenvalue weighted by Crippen LogP contribution is 2.19. The number of likely N-dealkylation sites (N-methyl/N-ethyl adjacent to an activating group) is 1. The molecule has 1 aromatic rings. The molecule has 0 atom stereocenters. The molecule has 6 heteroatoms. The Labute approximate surface area is 194 Å². The van der Waals surface area contributed by atoms with Gasteiger partial charge in [-0.3, -0.25) is 9.89 Å². The molecule has 0 amide bonds. The molecule has 0 unspecified atom stereocenters. The summed E-state index contributed by atoms with van der Waals surface area (Å²) in [4.78, 5) is 9.29. The molecule has 0 bridgehead atoms. The van der Waals surface area contributed by atoms with Crippen LogP contribution in [0.1, 0.15) is 43.2 Å². The summed E-state index contributed by atoms with van der Waals surface area (Å²) in [5.74, 6) is 0.887. The second-order valence-electron chi connectivity index (χ2n) is 8.11. The Morgan fingerprint density at radius 3 is 2.38 bits per heavy atom. The van der Waals surface area contributed by atoms with E-state index in [4.69, 9.17) is 0 Å². The van der Waals surface area contributed by atoms with Gasteiger partial charge in [-0.1, -0.05) is 35.9 Å². The maximum atomic E-state index is 4.35. The minimum absolute atomic E-state index is 0. The van der Waals surface area contributed by atoms with E-state index in [-0.39, 0.29) is 24.0 Å². The molecule has 2 aliphatic rings. The Morgan fingerprint density at radius 2 is 1.72 bits per heavy atom. The lowest BCUT2D eigenvalue weighted by atomic mass is 9.97. The van der Waals surface area contributed by atoms with Crippen molar-refractivity contribution in [3.63, 3.8) is 0 Å². The molecular formula is C23H38IN5. The van der Waals surface area contributed by atoms with Gasteiger partial charge in [-0.2, -0.15) is 0 Å². The number of guanidine groups is 1. The van der Waals surface area contributed by atoms with Crippen molar-refractivity contribution < 1.29 is 0 Å². The molecule has 3 rings (SSSR count). The van der Waals surface area contributed by atoms with Crippen molar-refractivity contribution in [2.45, 2.75) is 45.2 Å². The average Bonchev–Trinajstić information content (AvgIpc) is 2.74. The van der Waals surface area contributed by atoms with Gasteiger partial charge >= 0.3 is 0 Å². The van der Waals surface area contributed by atoms with Crippen molar-refractivity contribution >= 4 is 29.9 Å². The lowest BCUT2D eigenvalue weighted by Gasteiger charge is -2.32. The van der Waals surface area contributed by atoms with Crippen LogP contribution in [0, 0.1) is 0 Å². The monoisotopic (exact) mass is 511 g/mol. The molecule has 0 radical (unpaired) electrons. The molecule has 1 heterocycles. The largest absolute Gasteiger partial charge is 0.356 e. The van der Waals surface area contributed by atoms with E-state index in [2.05, 4.69) is 62.8 Å². The standard InChI is InChI=1S/C23H37N5.HI/c1-24-23(25-13-12-20-6-4-3-5-7-20)26-18-21-8-10-22(11-9-21)19-28-16-14-27(2)15-17-28;/h6,8-11H,3-5,7,12-19H2,1-2H3,(H2,24,25,26);1H. The van der Waals surface area contributed by atoms with Crippen molar-refractivity contribution in [2.24, 2.45) is 4.99 Å². The van der Waals surface area contributed by atoms with Crippen LogP contribution in [-0.2, 0) is 13.1 Å². The van der Waals surface area contributed by atoms with E-state index in [0.717, 1.165) is 32.0 Å². The van der Waals surface area contributed by atoms with Crippen molar-refractivity contribution in [3.05, 3.63) is 47.0 Å². The van der Waals surface area contributed by atoms with Gasteiger partial charge < -0.3 is 15.5 Å². The fourth-order valence-electron chi connectivity index (χ4n) is 3.91. The second-order valence-corrected chi connectivity index (χ2v) is 8.11. The molecule has 162 valence electrons. The van der Waals surface area contributed by atoms with Crippen molar-refractivity contribution in [1.29, 1.82) is 0 Å². The van der Waals surface area contributed by atoms with E-state index in [0.29, 0.717) is 0 Å². The highest BCUT2D eigenvalue weighted by atomic mass is 127. The Kier molecular flexibility index (Phi) is 11.0. The first-order valence-corrected chi connectivity index (χ1v) is 10.8. The van der Waals surface area contributed by atoms with Crippen LogP contribution in [0.5, 0.6) is 0 Å². The summed E-state index contributed by atoms with van der Waals surface area (Å²) in [6.45, 7) is 7.49. The maximum Gasteiger partial charge on any atom is 0.191 e. The first-order valence-electron chi connectivity index (χ1n) is 10.8. The number of nitrogens with zero attached hydrogens (tertiary/aromatic N) is 3. The average molecular weight is 511 g/mol. The first-order chi connectivity index (χ1) is 13.7. The van der Waals surface area contributed by atoms with Gasteiger partial charge in [0.2, 0.25) is 0 Å². The molecule has 0 saturated carbocycles. The summed E-state index contributed by atoms with van der Waals surface area (Å²) in [5.41, 5.74) is 4.29. The molecule has 1 aromatic carbocycles. The van der Waals surface area contributed by atoms with Crippen LogP contribution in [0.4, 0.5) is 0 Å². The van der Waals surface area contributed by atoms with Crippen LogP contribution in [0.3, 0.4) is 0 Å².